The number of aryl methyl sites for hydroxylation is 4. The fraction of sp³-hybridized carbons (Fsp3) is 0.263. The van der Waals surface area contributed by atoms with Gasteiger partial charge in [-0.15, -0.1) is 0 Å². The second-order valence-corrected chi connectivity index (χ2v) is 6.41. The van der Waals surface area contributed by atoms with E-state index in [0.717, 1.165) is 19.3 Å². The summed E-state index contributed by atoms with van der Waals surface area (Å²) in [6.45, 7) is 4.24. The average molecular weight is 306 g/mol. The third kappa shape index (κ3) is 2.84. The van der Waals surface area contributed by atoms with Crippen molar-refractivity contribution in [3.05, 3.63) is 59.2 Å². The maximum atomic E-state index is 3.48. The predicted molar refractivity (Wildman–Crippen MR) is 91.2 cm³/mol. The van der Waals surface area contributed by atoms with E-state index in [1.165, 1.54) is 44.8 Å². The molecule has 0 bridgehead atoms. The van der Waals surface area contributed by atoms with Gasteiger partial charge in [0.25, 0.3) is 11.6 Å². The lowest BCUT2D eigenvalue weighted by molar-refractivity contribution is -0.360. The summed E-state index contributed by atoms with van der Waals surface area (Å²) >= 11 is 0. The zero-order valence-corrected chi connectivity index (χ0v) is 13.6. The maximum absolute atomic E-state index is 3.48. The Morgan fingerprint density at radius 1 is 0.739 bits per heavy atom. The summed E-state index contributed by atoms with van der Waals surface area (Å²) < 4.78 is 0. The molecule has 0 spiro atoms. The van der Waals surface area contributed by atoms with E-state index in [2.05, 4.69) is 70.2 Å². The van der Waals surface area contributed by atoms with Gasteiger partial charge >= 0.3 is 0 Å². The molecule has 0 aliphatic heterocycles. The van der Waals surface area contributed by atoms with Crippen molar-refractivity contribution in [2.45, 2.75) is 33.1 Å². The van der Waals surface area contributed by atoms with Crippen molar-refractivity contribution < 1.29 is 9.97 Å². The van der Waals surface area contributed by atoms with Crippen LogP contribution in [0.3, 0.4) is 0 Å². The molecule has 0 radical (unpaired) electrons. The van der Waals surface area contributed by atoms with E-state index in [1.54, 1.807) is 0 Å². The highest BCUT2D eigenvalue weighted by molar-refractivity contribution is 5.72. The second-order valence-electron chi connectivity index (χ2n) is 6.41. The molecule has 4 rings (SSSR count). The number of aromatic amines is 4. The summed E-state index contributed by atoms with van der Waals surface area (Å²) in [6.07, 6.45) is 3.11. The Morgan fingerprint density at radius 3 is 1.70 bits per heavy atom. The van der Waals surface area contributed by atoms with Crippen LogP contribution in [0.5, 0.6) is 0 Å². The molecule has 0 saturated carbocycles. The quantitative estimate of drug-likeness (QED) is 0.582. The minimum atomic E-state index is 1.01. The fourth-order valence-corrected chi connectivity index (χ4v) is 3.15. The standard InChI is InChI=1S/C19H20N4/c1-12-6-8-14-16(10-12)22-18(20-14)4-3-5-19-21-15-9-7-13(2)11-17(15)23-19/h6-11H,3-5H2,1-2H3,(H,20,22)(H,21,23)/p+2. The third-order valence-electron chi connectivity index (χ3n) is 4.35. The highest BCUT2D eigenvalue weighted by Crippen LogP contribution is 2.13. The van der Waals surface area contributed by atoms with Crippen LogP contribution in [0.25, 0.3) is 22.1 Å². The van der Waals surface area contributed by atoms with Gasteiger partial charge in [0.2, 0.25) is 0 Å². The van der Waals surface area contributed by atoms with Gasteiger partial charge in [0.15, 0.2) is 22.1 Å². The van der Waals surface area contributed by atoms with Crippen molar-refractivity contribution in [2.24, 2.45) is 0 Å². The number of nitrogens with one attached hydrogen (secondary N) is 4. The van der Waals surface area contributed by atoms with E-state index in [0.29, 0.717) is 0 Å². The molecule has 0 amide bonds. The molecular weight excluding hydrogens is 284 g/mol. The smallest absolute Gasteiger partial charge is 0.241 e. The number of hydrogen-bond donors (Lipinski definition) is 2. The minimum Gasteiger partial charge on any atom is -0.241 e. The van der Waals surface area contributed by atoms with Crippen LogP contribution in [0, 0.1) is 13.8 Å². The van der Waals surface area contributed by atoms with Crippen molar-refractivity contribution in [3.8, 4) is 0 Å². The molecule has 4 N–H and O–H groups in total. The number of fused-ring (bicyclic) bond motifs is 2. The van der Waals surface area contributed by atoms with Crippen molar-refractivity contribution in [3.63, 3.8) is 0 Å². The molecule has 0 saturated heterocycles. The van der Waals surface area contributed by atoms with E-state index in [-0.39, 0.29) is 0 Å². The van der Waals surface area contributed by atoms with Crippen LogP contribution < -0.4 is 9.97 Å². The Labute approximate surface area is 135 Å². The van der Waals surface area contributed by atoms with Gasteiger partial charge in [0, 0.05) is 12.8 Å². The minimum absolute atomic E-state index is 1.01. The zero-order chi connectivity index (χ0) is 15.8. The van der Waals surface area contributed by atoms with E-state index in [4.69, 9.17) is 0 Å². The van der Waals surface area contributed by atoms with Crippen LogP contribution in [0.15, 0.2) is 36.4 Å². The summed E-state index contributed by atoms with van der Waals surface area (Å²) in [6, 6.07) is 12.9. The fourth-order valence-electron chi connectivity index (χ4n) is 3.15. The molecule has 116 valence electrons. The molecule has 0 unspecified atom stereocenters. The third-order valence-corrected chi connectivity index (χ3v) is 4.35. The zero-order valence-electron chi connectivity index (χ0n) is 13.6. The summed E-state index contributed by atoms with van der Waals surface area (Å²) in [4.78, 5) is 13.9. The maximum Gasteiger partial charge on any atom is 0.252 e. The van der Waals surface area contributed by atoms with Crippen molar-refractivity contribution in [2.75, 3.05) is 0 Å². The van der Waals surface area contributed by atoms with E-state index < -0.39 is 0 Å². The lowest BCUT2D eigenvalue weighted by atomic mass is 10.2. The van der Waals surface area contributed by atoms with Gasteiger partial charge in [-0.3, -0.25) is 0 Å². The number of benzene rings is 2. The summed E-state index contributed by atoms with van der Waals surface area (Å²) in [7, 11) is 0. The second kappa shape index (κ2) is 5.54. The first kappa shape index (κ1) is 14.0. The van der Waals surface area contributed by atoms with Gasteiger partial charge in [0.1, 0.15) is 0 Å². The molecule has 23 heavy (non-hydrogen) atoms. The summed E-state index contributed by atoms with van der Waals surface area (Å²) in [5.41, 5.74) is 7.29. The van der Waals surface area contributed by atoms with Crippen molar-refractivity contribution in [1.29, 1.82) is 0 Å². The number of rotatable bonds is 4. The molecule has 0 atom stereocenters. The SMILES string of the molecule is Cc1ccc2[nH+]c(CCCc3[nH]c4cc(C)ccc4[nH+]3)[nH]c2c1. The monoisotopic (exact) mass is 306 g/mol. The highest BCUT2D eigenvalue weighted by Gasteiger charge is 2.13. The summed E-state index contributed by atoms with van der Waals surface area (Å²) in [5, 5.41) is 0. The van der Waals surface area contributed by atoms with Gasteiger partial charge in [-0.05, 0) is 55.7 Å². The molecule has 4 aromatic rings. The lowest BCUT2D eigenvalue weighted by Gasteiger charge is -1.88. The average Bonchev–Trinajstić information content (AvgIpc) is 3.09. The molecule has 0 fully saturated rings. The van der Waals surface area contributed by atoms with Gasteiger partial charge in [0.05, 0.1) is 0 Å². The Balaban J connectivity index is 1.45. The molecule has 0 aliphatic carbocycles. The van der Waals surface area contributed by atoms with Crippen LogP contribution in [0.1, 0.15) is 29.2 Å². The molecule has 0 aliphatic rings. The van der Waals surface area contributed by atoms with Gasteiger partial charge < -0.3 is 0 Å². The highest BCUT2D eigenvalue weighted by atomic mass is 14.9. The van der Waals surface area contributed by atoms with Crippen molar-refractivity contribution >= 4 is 22.1 Å². The van der Waals surface area contributed by atoms with Crippen molar-refractivity contribution in [1.82, 2.24) is 9.97 Å². The Kier molecular flexibility index (Phi) is 3.37. The van der Waals surface area contributed by atoms with E-state index in [1.807, 2.05) is 0 Å². The van der Waals surface area contributed by atoms with E-state index in [9.17, 15) is 0 Å². The largest absolute Gasteiger partial charge is 0.252 e. The van der Waals surface area contributed by atoms with Gasteiger partial charge in [-0.2, -0.15) is 0 Å². The first-order valence-corrected chi connectivity index (χ1v) is 8.18. The molecule has 2 heterocycles. The van der Waals surface area contributed by atoms with Gasteiger partial charge in [-0.1, -0.05) is 12.1 Å². The van der Waals surface area contributed by atoms with Gasteiger partial charge in [-0.25, -0.2) is 19.9 Å². The predicted octanol–water partition coefficient (Wildman–Crippen LogP) is 3.07. The number of imidazole rings is 2. The Bertz CT molecular complexity index is 898. The molecule has 4 nitrogen and oxygen atoms in total. The Hall–Kier alpha value is -2.62. The summed E-state index contributed by atoms with van der Waals surface area (Å²) in [5.74, 6) is 2.38. The first-order chi connectivity index (χ1) is 11.2. The number of hydrogen-bond acceptors (Lipinski definition) is 0. The molecule has 2 aromatic carbocycles. The van der Waals surface area contributed by atoms with E-state index >= 15 is 0 Å². The Morgan fingerprint density at radius 2 is 1.22 bits per heavy atom. The van der Waals surface area contributed by atoms with Crippen LogP contribution in [-0.2, 0) is 12.8 Å². The number of aromatic nitrogens is 4. The number of H-pyrrole nitrogens is 4. The van der Waals surface area contributed by atoms with Crippen LogP contribution in [0.4, 0.5) is 0 Å². The first-order valence-electron chi connectivity index (χ1n) is 8.18. The van der Waals surface area contributed by atoms with Crippen LogP contribution in [-0.4, -0.2) is 9.97 Å². The molecular formula is C19H22N4+2. The van der Waals surface area contributed by atoms with Crippen LogP contribution in [0.2, 0.25) is 0 Å². The van der Waals surface area contributed by atoms with Crippen LogP contribution >= 0.6 is 0 Å². The lowest BCUT2D eigenvalue weighted by Crippen LogP contribution is -2.10. The molecule has 4 heteroatoms. The molecule has 2 aromatic heterocycles. The topological polar surface area (TPSA) is 59.9 Å². The normalized spacial score (nSPS) is 11.6.